The van der Waals surface area contributed by atoms with Crippen molar-refractivity contribution < 1.29 is 23.5 Å². The predicted molar refractivity (Wildman–Crippen MR) is 74.3 cm³/mol. The molecule has 0 aliphatic carbocycles. The number of nitrogens with two attached hydrogens (primary N) is 1. The molecule has 1 atom stereocenters. The third-order valence-corrected chi connectivity index (χ3v) is 2.45. The number of carbonyl (C=O) groups is 2. The molecule has 1 unspecified atom stereocenters. The molecule has 2 amide bonds. The Morgan fingerprint density at radius 2 is 1.95 bits per heavy atom. The van der Waals surface area contributed by atoms with E-state index in [4.69, 9.17) is 15.2 Å². The molecule has 1 rings (SSSR count). The normalized spacial score (nSPS) is 12.4. The Labute approximate surface area is 122 Å². The summed E-state index contributed by atoms with van der Waals surface area (Å²) in [5, 5.41) is 2.31. The zero-order valence-electron chi connectivity index (χ0n) is 12.4. The zero-order chi connectivity index (χ0) is 16.2. The van der Waals surface area contributed by atoms with Gasteiger partial charge in [0, 0.05) is 0 Å². The van der Waals surface area contributed by atoms with Crippen LogP contribution in [-0.2, 0) is 9.53 Å². The number of carbonyl (C=O) groups excluding carboxylic acids is 2. The highest BCUT2D eigenvalue weighted by Gasteiger charge is 2.24. The molecule has 116 valence electrons. The van der Waals surface area contributed by atoms with Crippen LogP contribution in [0.4, 0.5) is 9.18 Å². The van der Waals surface area contributed by atoms with E-state index in [0.29, 0.717) is 0 Å². The molecule has 1 aromatic rings. The minimum absolute atomic E-state index is 0.0271. The average molecular weight is 298 g/mol. The Morgan fingerprint density at radius 3 is 2.38 bits per heavy atom. The number of nitrogens with one attached hydrogen (secondary N) is 1. The fraction of sp³-hybridized carbons (Fsp3) is 0.429. The fourth-order valence-corrected chi connectivity index (χ4v) is 1.61. The summed E-state index contributed by atoms with van der Waals surface area (Å²) in [6.07, 6.45) is -0.817. The summed E-state index contributed by atoms with van der Waals surface area (Å²) in [6, 6.07) is 2.66. The molecule has 0 saturated carbocycles. The van der Waals surface area contributed by atoms with Gasteiger partial charge < -0.3 is 20.5 Å². The monoisotopic (exact) mass is 298 g/mol. The first kappa shape index (κ1) is 16.7. The number of hydrogen-bond donors (Lipinski definition) is 2. The van der Waals surface area contributed by atoms with Gasteiger partial charge in [-0.1, -0.05) is 6.07 Å². The fourth-order valence-electron chi connectivity index (χ4n) is 1.61. The van der Waals surface area contributed by atoms with E-state index >= 15 is 0 Å². The lowest BCUT2D eigenvalue weighted by atomic mass is 10.1. The lowest BCUT2D eigenvalue weighted by Crippen LogP contribution is -2.40. The summed E-state index contributed by atoms with van der Waals surface area (Å²) in [6.45, 7) is 5.04. The molecule has 6 nitrogen and oxygen atoms in total. The van der Waals surface area contributed by atoms with Crippen LogP contribution in [0.2, 0.25) is 0 Å². The largest absolute Gasteiger partial charge is 0.494 e. The maximum atomic E-state index is 13.7. The van der Waals surface area contributed by atoms with Crippen molar-refractivity contribution >= 4 is 12.0 Å². The van der Waals surface area contributed by atoms with Gasteiger partial charge in [0.15, 0.2) is 11.6 Å². The van der Waals surface area contributed by atoms with Crippen LogP contribution in [0.1, 0.15) is 32.4 Å². The van der Waals surface area contributed by atoms with Crippen LogP contribution in [0.25, 0.3) is 0 Å². The van der Waals surface area contributed by atoms with Crippen molar-refractivity contribution in [3.8, 4) is 5.75 Å². The molecule has 7 heteroatoms. The standard InChI is InChI=1S/C14H19FN2O4/c1-14(2,3)21-13(19)17-11(12(16)18)8-5-6-10(20-4)9(15)7-8/h5-7,11H,1-4H3,(H2,16,18)(H,17,19). The maximum Gasteiger partial charge on any atom is 0.408 e. The summed E-state index contributed by atoms with van der Waals surface area (Å²) in [5.74, 6) is -1.46. The number of ether oxygens (including phenoxy) is 2. The Balaban J connectivity index is 2.95. The molecule has 0 fully saturated rings. The lowest BCUT2D eigenvalue weighted by Gasteiger charge is -2.22. The number of benzene rings is 1. The second-order valence-corrected chi connectivity index (χ2v) is 5.38. The Kier molecular flexibility index (Phi) is 5.12. The van der Waals surface area contributed by atoms with Gasteiger partial charge in [-0.2, -0.15) is 0 Å². The van der Waals surface area contributed by atoms with E-state index in [1.807, 2.05) is 0 Å². The van der Waals surface area contributed by atoms with Crippen molar-refractivity contribution in [2.45, 2.75) is 32.4 Å². The maximum absolute atomic E-state index is 13.7. The SMILES string of the molecule is COc1ccc(C(NC(=O)OC(C)(C)C)C(N)=O)cc1F. The molecule has 0 bridgehead atoms. The molecule has 0 heterocycles. The molecule has 0 radical (unpaired) electrons. The number of alkyl carbamates (subject to hydrolysis) is 1. The van der Waals surface area contributed by atoms with E-state index in [-0.39, 0.29) is 11.3 Å². The molecule has 3 N–H and O–H groups in total. The topological polar surface area (TPSA) is 90.7 Å². The average Bonchev–Trinajstić information content (AvgIpc) is 2.33. The number of hydrogen-bond acceptors (Lipinski definition) is 4. The van der Waals surface area contributed by atoms with Crippen LogP contribution >= 0.6 is 0 Å². The van der Waals surface area contributed by atoms with E-state index in [9.17, 15) is 14.0 Å². The van der Waals surface area contributed by atoms with Gasteiger partial charge in [-0.05, 0) is 38.5 Å². The van der Waals surface area contributed by atoms with Crippen LogP contribution in [0, 0.1) is 5.82 Å². The third-order valence-electron chi connectivity index (χ3n) is 2.45. The highest BCUT2D eigenvalue weighted by atomic mass is 19.1. The summed E-state index contributed by atoms with van der Waals surface area (Å²) in [7, 11) is 1.32. The lowest BCUT2D eigenvalue weighted by molar-refractivity contribution is -0.120. The van der Waals surface area contributed by atoms with Gasteiger partial charge in [0.1, 0.15) is 11.6 Å². The van der Waals surface area contributed by atoms with Crippen molar-refractivity contribution in [2.75, 3.05) is 7.11 Å². The molecule has 0 spiro atoms. The van der Waals surface area contributed by atoms with E-state index in [0.717, 1.165) is 6.07 Å². The number of rotatable bonds is 4. The number of primary amides is 1. The van der Waals surface area contributed by atoms with Crippen molar-refractivity contribution in [1.29, 1.82) is 0 Å². The first-order valence-electron chi connectivity index (χ1n) is 6.26. The van der Waals surface area contributed by atoms with Gasteiger partial charge in [0.2, 0.25) is 5.91 Å². The van der Waals surface area contributed by atoms with Gasteiger partial charge in [-0.25, -0.2) is 9.18 Å². The van der Waals surface area contributed by atoms with Gasteiger partial charge in [0.25, 0.3) is 0 Å². The molecular formula is C14H19FN2O4. The van der Waals surface area contributed by atoms with Crippen LogP contribution in [0.3, 0.4) is 0 Å². The van der Waals surface area contributed by atoms with Crippen LogP contribution in [0.15, 0.2) is 18.2 Å². The Bertz CT molecular complexity index is 540. The first-order chi connectivity index (χ1) is 9.64. The number of amides is 2. The number of halogens is 1. The van der Waals surface area contributed by atoms with Gasteiger partial charge >= 0.3 is 6.09 Å². The van der Waals surface area contributed by atoms with E-state index in [1.165, 1.54) is 19.2 Å². The summed E-state index contributed by atoms with van der Waals surface area (Å²) < 4.78 is 23.5. The Hall–Kier alpha value is -2.31. The number of methoxy groups -OCH3 is 1. The van der Waals surface area contributed by atoms with Crippen LogP contribution < -0.4 is 15.8 Å². The van der Waals surface area contributed by atoms with Crippen molar-refractivity contribution in [2.24, 2.45) is 5.73 Å². The smallest absolute Gasteiger partial charge is 0.408 e. The van der Waals surface area contributed by atoms with E-state index in [2.05, 4.69) is 5.32 Å². The Morgan fingerprint density at radius 1 is 1.33 bits per heavy atom. The molecule has 21 heavy (non-hydrogen) atoms. The van der Waals surface area contributed by atoms with Crippen LogP contribution in [-0.4, -0.2) is 24.7 Å². The summed E-state index contributed by atoms with van der Waals surface area (Å²) >= 11 is 0. The zero-order valence-corrected chi connectivity index (χ0v) is 12.4. The van der Waals surface area contributed by atoms with E-state index in [1.54, 1.807) is 20.8 Å². The molecule has 0 aromatic heterocycles. The van der Waals surface area contributed by atoms with Gasteiger partial charge in [0.05, 0.1) is 7.11 Å². The second kappa shape index (κ2) is 6.43. The van der Waals surface area contributed by atoms with Crippen LogP contribution in [0.5, 0.6) is 5.75 Å². The second-order valence-electron chi connectivity index (χ2n) is 5.38. The molecule has 0 saturated heterocycles. The quantitative estimate of drug-likeness (QED) is 0.888. The summed E-state index contributed by atoms with van der Waals surface area (Å²) in [5.41, 5.74) is 4.71. The minimum atomic E-state index is -1.19. The van der Waals surface area contributed by atoms with Gasteiger partial charge in [-0.3, -0.25) is 4.79 Å². The predicted octanol–water partition coefficient (Wildman–Crippen LogP) is 1.89. The van der Waals surface area contributed by atoms with Crippen molar-refractivity contribution in [3.63, 3.8) is 0 Å². The minimum Gasteiger partial charge on any atom is -0.494 e. The first-order valence-corrected chi connectivity index (χ1v) is 6.26. The third kappa shape index (κ3) is 4.94. The van der Waals surface area contributed by atoms with Crippen molar-refractivity contribution in [1.82, 2.24) is 5.32 Å². The molecule has 0 aliphatic heterocycles. The molecule has 0 aliphatic rings. The van der Waals surface area contributed by atoms with E-state index < -0.39 is 29.5 Å². The molecule has 1 aromatic carbocycles. The highest BCUT2D eigenvalue weighted by molar-refractivity contribution is 5.85. The van der Waals surface area contributed by atoms with Gasteiger partial charge in [-0.15, -0.1) is 0 Å². The summed E-state index contributed by atoms with van der Waals surface area (Å²) in [4.78, 5) is 23.2. The van der Waals surface area contributed by atoms with Crippen molar-refractivity contribution in [3.05, 3.63) is 29.6 Å². The highest BCUT2D eigenvalue weighted by Crippen LogP contribution is 2.22. The molecular weight excluding hydrogens is 279 g/mol.